The third-order valence-corrected chi connectivity index (χ3v) is 3.95. The van der Waals surface area contributed by atoms with Crippen LogP contribution in [0.25, 0.3) is 10.8 Å². The molecule has 0 saturated carbocycles. The van der Waals surface area contributed by atoms with Crippen molar-refractivity contribution in [2.24, 2.45) is 11.7 Å². The maximum absolute atomic E-state index is 14.1. The number of nitrogens with two attached hydrogens (primary N) is 1. The highest BCUT2D eigenvalue weighted by Crippen LogP contribution is 2.20. The SMILES string of the molecule is NCC1CC(CNC(=O)c2cc3ccncc3cc2F)CO1. The number of hydrogen-bond acceptors (Lipinski definition) is 4. The summed E-state index contributed by atoms with van der Waals surface area (Å²) in [4.78, 5) is 16.1. The number of carbonyl (C=O) groups excluding carboxylic acids is 1. The van der Waals surface area contributed by atoms with E-state index in [1.807, 2.05) is 0 Å². The van der Waals surface area contributed by atoms with Crippen LogP contribution in [-0.4, -0.2) is 36.7 Å². The minimum absolute atomic E-state index is 0.0491. The van der Waals surface area contributed by atoms with Gasteiger partial charge in [-0.25, -0.2) is 4.39 Å². The van der Waals surface area contributed by atoms with E-state index in [4.69, 9.17) is 10.5 Å². The Kier molecular flexibility index (Phi) is 4.31. The summed E-state index contributed by atoms with van der Waals surface area (Å²) in [5.74, 6) is -0.724. The van der Waals surface area contributed by atoms with E-state index >= 15 is 0 Å². The molecule has 2 unspecified atom stereocenters. The fraction of sp³-hybridized carbons (Fsp3) is 0.375. The molecule has 1 aliphatic rings. The molecule has 116 valence electrons. The second-order valence-electron chi connectivity index (χ2n) is 5.56. The molecule has 3 rings (SSSR count). The number of amides is 1. The van der Waals surface area contributed by atoms with Crippen molar-refractivity contribution in [2.45, 2.75) is 12.5 Å². The first-order valence-corrected chi connectivity index (χ1v) is 7.30. The molecule has 1 aromatic heterocycles. The zero-order valence-electron chi connectivity index (χ0n) is 12.1. The van der Waals surface area contributed by atoms with Gasteiger partial charge in [-0.3, -0.25) is 9.78 Å². The molecule has 1 aromatic carbocycles. The van der Waals surface area contributed by atoms with Gasteiger partial charge in [-0.05, 0) is 30.0 Å². The van der Waals surface area contributed by atoms with E-state index in [0.717, 1.165) is 11.8 Å². The number of benzene rings is 1. The molecular formula is C16H18FN3O2. The third kappa shape index (κ3) is 3.08. The van der Waals surface area contributed by atoms with Crippen molar-refractivity contribution in [3.05, 3.63) is 42.0 Å². The van der Waals surface area contributed by atoms with Crippen LogP contribution in [0.1, 0.15) is 16.8 Å². The summed E-state index contributed by atoms with van der Waals surface area (Å²) in [7, 11) is 0. The van der Waals surface area contributed by atoms with Crippen molar-refractivity contribution in [2.75, 3.05) is 19.7 Å². The van der Waals surface area contributed by atoms with Gasteiger partial charge in [-0.2, -0.15) is 0 Å². The van der Waals surface area contributed by atoms with Gasteiger partial charge in [0.1, 0.15) is 5.82 Å². The van der Waals surface area contributed by atoms with E-state index in [-0.39, 0.29) is 17.6 Å². The van der Waals surface area contributed by atoms with Crippen LogP contribution in [0.3, 0.4) is 0 Å². The zero-order valence-corrected chi connectivity index (χ0v) is 12.1. The molecule has 0 radical (unpaired) electrons. The molecule has 3 N–H and O–H groups in total. The van der Waals surface area contributed by atoms with Gasteiger partial charge in [0, 0.05) is 36.8 Å². The van der Waals surface area contributed by atoms with Crippen molar-refractivity contribution in [3.8, 4) is 0 Å². The Morgan fingerprint density at radius 1 is 1.45 bits per heavy atom. The molecule has 6 heteroatoms. The summed E-state index contributed by atoms with van der Waals surface area (Å²) in [5.41, 5.74) is 5.60. The first-order chi connectivity index (χ1) is 10.7. The largest absolute Gasteiger partial charge is 0.377 e. The van der Waals surface area contributed by atoms with E-state index in [1.165, 1.54) is 6.07 Å². The molecule has 0 aliphatic carbocycles. The maximum atomic E-state index is 14.1. The highest BCUT2D eigenvalue weighted by atomic mass is 19.1. The van der Waals surface area contributed by atoms with Gasteiger partial charge in [-0.15, -0.1) is 0 Å². The minimum atomic E-state index is -0.541. The van der Waals surface area contributed by atoms with E-state index in [0.29, 0.717) is 25.1 Å². The van der Waals surface area contributed by atoms with Crippen LogP contribution in [-0.2, 0) is 4.74 Å². The number of aromatic nitrogens is 1. The number of pyridine rings is 1. The highest BCUT2D eigenvalue weighted by Gasteiger charge is 2.25. The van der Waals surface area contributed by atoms with Gasteiger partial charge in [-0.1, -0.05) is 0 Å². The number of halogens is 1. The van der Waals surface area contributed by atoms with Crippen molar-refractivity contribution in [3.63, 3.8) is 0 Å². The second-order valence-corrected chi connectivity index (χ2v) is 5.56. The van der Waals surface area contributed by atoms with Crippen molar-refractivity contribution < 1.29 is 13.9 Å². The summed E-state index contributed by atoms with van der Waals surface area (Å²) in [6.07, 6.45) is 4.07. The quantitative estimate of drug-likeness (QED) is 0.896. The average Bonchev–Trinajstić information content (AvgIpc) is 3.00. The maximum Gasteiger partial charge on any atom is 0.254 e. The number of nitrogens with one attached hydrogen (secondary N) is 1. The van der Waals surface area contributed by atoms with Crippen LogP contribution in [0.4, 0.5) is 4.39 Å². The number of rotatable bonds is 4. The van der Waals surface area contributed by atoms with E-state index < -0.39 is 11.7 Å². The molecular weight excluding hydrogens is 285 g/mol. The van der Waals surface area contributed by atoms with Crippen molar-refractivity contribution in [1.82, 2.24) is 10.3 Å². The summed E-state index contributed by atoms with van der Waals surface area (Å²) in [6, 6.07) is 4.64. The number of ether oxygens (including phenoxy) is 1. The van der Waals surface area contributed by atoms with Crippen molar-refractivity contribution in [1.29, 1.82) is 0 Å². The van der Waals surface area contributed by atoms with Crippen LogP contribution in [0.15, 0.2) is 30.6 Å². The normalized spacial score (nSPS) is 21.2. The molecule has 2 aromatic rings. The molecule has 1 aliphatic heterocycles. The molecule has 0 bridgehead atoms. The lowest BCUT2D eigenvalue weighted by atomic mass is 10.0. The summed E-state index contributed by atoms with van der Waals surface area (Å²) >= 11 is 0. The fourth-order valence-electron chi connectivity index (χ4n) is 2.70. The van der Waals surface area contributed by atoms with E-state index in [2.05, 4.69) is 10.3 Å². The van der Waals surface area contributed by atoms with Gasteiger partial charge >= 0.3 is 0 Å². The fourth-order valence-corrected chi connectivity index (χ4v) is 2.70. The summed E-state index contributed by atoms with van der Waals surface area (Å²) < 4.78 is 19.5. The Hall–Kier alpha value is -2.05. The Bertz CT molecular complexity index is 692. The molecule has 1 saturated heterocycles. The highest BCUT2D eigenvalue weighted by molar-refractivity contribution is 5.98. The molecule has 2 heterocycles. The summed E-state index contributed by atoms with van der Waals surface area (Å²) in [5, 5.41) is 4.23. The second kappa shape index (κ2) is 6.37. The van der Waals surface area contributed by atoms with Crippen LogP contribution in [0, 0.1) is 11.7 Å². The molecule has 1 fully saturated rings. The number of carbonyl (C=O) groups is 1. The molecule has 1 amide bonds. The van der Waals surface area contributed by atoms with Crippen LogP contribution < -0.4 is 11.1 Å². The first kappa shape index (κ1) is 14.9. The van der Waals surface area contributed by atoms with Crippen molar-refractivity contribution >= 4 is 16.7 Å². The smallest absolute Gasteiger partial charge is 0.254 e. The predicted molar refractivity (Wildman–Crippen MR) is 80.9 cm³/mol. The topological polar surface area (TPSA) is 77.2 Å². The Morgan fingerprint density at radius 3 is 3.09 bits per heavy atom. The van der Waals surface area contributed by atoms with Gasteiger partial charge in [0.15, 0.2) is 0 Å². The predicted octanol–water partition coefficient (Wildman–Crippen LogP) is 1.47. The zero-order chi connectivity index (χ0) is 15.5. The number of hydrogen-bond donors (Lipinski definition) is 2. The van der Waals surface area contributed by atoms with Crippen LogP contribution in [0.5, 0.6) is 0 Å². The lowest BCUT2D eigenvalue weighted by Gasteiger charge is -2.11. The monoisotopic (exact) mass is 303 g/mol. The Labute approximate surface area is 127 Å². The Balaban J connectivity index is 1.68. The first-order valence-electron chi connectivity index (χ1n) is 7.30. The van der Waals surface area contributed by atoms with Crippen LogP contribution in [0.2, 0.25) is 0 Å². The van der Waals surface area contributed by atoms with Crippen LogP contribution >= 0.6 is 0 Å². The third-order valence-electron chi connectivity index (χ3n) is 3.95. The van der Waals surface area contributed by atoms with E-state index in [9.17, 15) is 9.18 Å². The molecule has 2 atom stereocenters. The molecule has 22 heavy (non-hydrogen) atoms. The average molecular weight is 303 g/mol. The van der Waals surface area contributed by atoms with Gasteiger partial charge in [0.05, 0.1) is 18.3 Å². The number of nitrogens with zero attached hydrogens (tertiary/aromatic N) is 1. The lowest BCUT2D eigenvalue weighted by molar-refractivity contribution is 0.0936. The minimum Gasteiger partial charge on any atom is -0.377 e. The van der Waals surface area contributed by atoms with Gasteiger partial charge < -0.3 is 15.8 Å². The standard InChI is InChI=1S/C16H18FN3O2/c17-15-5-12-8-19-2-1-11(12)4-14(15)16(21)20-7-10-3-13(6-18)22-9-10/h1-2,4-5,8,10,13H,3,6-7,9,18H2,(H,20,21). The summed E-state index contributed by atoms with van der Waals surface area (Å²) in [6.45, 7) is 1.52. The number of fused-ring (bicyclic) bond motifs is 1. The van der Waals surface area contributed by atoms with Gasteiger partial charge in [0.2, 0.25) is 0 Å². The van der Waals surface area contributed by atoms with E-state index in [1.54, 1.807) is 24.5 Å². The molecule has 5 nitrogen and oxygen atoms in total. The Morgan fingerprint density at radius 2 is 2.32 bits per heavy atom. The lowest BCUT2D eigenvalue weighted by Crippen LogP contribution is -2.30. The van der Waals surface area contributed by atoms with Gasteiger partial charge in [0.25, 0.3) is 5.91 Å². The molecule has 0 spiro atoms.